The zero-order valence-electron chi connectivity index (χ0n) is 16.9. The summed E-state index contributed by atoms with van der Waals surface area (Å²) in [7, 11) is 0. The Kier molecular flexibility index (Phi) is 5.59. The van der Waals surface area contributed by atoms with Crippen LogP contribution in [-0.4, -0.2) is 44.8 Å². The number of hydrogen-bond donors (Lipinski definition) is 1. The third kappa shape index (κ3) is 4.37. The third-order valence-corrected chi connectivity index (χ3v) is 6.09. The maximum Gasteiger partial charge on any atom is 0.431 e. The van der Waals surface area contributed by atoms with Crippen molar-refractivity contribution in [3.8, 4) is 0 Å². The predicted octanol–water partition coefficient (Wildman–Crippen LogP) is 4.69. The highest BCUT2D eigenvalue weighted by atomic mass is 19.4. The molecule has 1 aliphatic rings. The molecule has 1 aliphatic heterocycles. The number of aromatic nitrogens is 2. The van der Waals surface area contributed by atoms with Crippen molar-refractivity contribution >= 4 is 11.0 Å². The lowest BCUT2D eigenvalue weighted by atomic mass is 9.90. The van der Waals surface area contributed by atoms with Crippen LogP contribution < -0.4 is 0 Å². The molecule has 4 nitrogen and oxygen atoms in total. The zero-order chi connectivity index (χ0) is 21.4. The van der Waals surface area contributed by atoms with Gasteiger partial charge in [-0.3, -0.25) is 0 Å². The zero-order valence-corrected chi connectivity index (χ0v) is 16.9. The molecule has 160 valence electrons. The lowest BCUT2D eigenvalue weighted by molar-refractivity contribution is -0.145. The number of alkyl halides is 3. The first-order valence-corrected chi connectivity index (χ1v) is 10.3. The Balaban J connectivity index is 1.47. The number of aliphatic hydroxyl groups is 1. The van der Waals surface area contributed by atoms with Crippen molar-refractivity contribution < 1.29 is 18.3 Å². The molecule has 0 saturated carbocycles. The molecule has 1 aromatic carbocycles. The van der Waals surface area contributed by atoms with E-state index in [0.717, 1.165) is 17.2 Å². The fourth-order valence-corrected chi connectivity index (χ4v) is 4.36. The van der Waals surface area contributed by atoms with Crippen molar-refractivity contribution in [2.75, 3.05) is 19.6 Å². The van der Waals surface area contributed by atoms with Gasteiger partial charge >= 0.3 is 6.18 Å². The number of halogens is 3. The molecule has 0 radical (unpaired) electrons. The van der Waals surface area contributed by atoms with E-state index in [-0.39, 0.29) is 12.2 Å². The Labute approximate surface area is 174 Å². The minimum absolute atomic E-state index is 0.107. The molecule has 7 heteroatoms. The molecule has 2 aromatic heterocycles. The van der Waals surface area contributed by atoms with E-state index in [1.807, 2.05) is 18.2 Å². The highest BCUT2D eigenvalue weighted by Gasteiger charge is 2.39. The van der Waals surface area contributed by atoms with E-state index in [4.69, 9.17) is 0 Å². The van der Waals surface area contributed by atoms with E-state index in [2.05, 4.69) is 28.9 Å². The Bertz CT molecular complexity index is 992. The van der Waals surface area contributed by atoms with E-state index >= 15 is 0 Å². The molecule has 4 rings (SSSR count). The van der Waals surface area contributed by atoms with Crippen LogP contribution in [0.4, 0.5) is 13.2 Å². The van der Waals surface area contributed by atoms with Gasteiger partial charge < -0.3 is 14.6 Å². The van der Waals surface area contributed by atoms with Gasteiger partial charge in [-0.05, 0) is 42.5 Å². The average Bonchev–Trinajstić information content (AvgIpc) is 3.09. The van der Waals surface area contributed by atoms with Crippen molar-refractivity contribution in [1.82, 2.24) is 14.5 Å². The molecule has 0 spiro atoms. The molecule has 3 aromatic rings. The molecular formula is C23H26F3N3O. The van der Waals surface area contributed by atoms with Gasteiger partial charge in [-0.1, -0.05) is 37.3 Å². The second-order valence-corrected chi connectivity index (χ2v) is 8.37. The van der Waals surface area contributed by atoms with Crippen molar-refractivity contribution in [1.29, 1.82) is 0 Å². The van der Waals surface area contributed by atoms with Gasteiger partial charge in [0.1, 0.15) is 11.3 Å². The van der Waals surface area contributed by atoms with Crippen molar-refractivity contribution in [2.24, 2.45) is 0 Å². The first kappa shape index (κ1) is 20.9. The van der Waals surface area contributed by atoms with Crippen LogP contribution in [0.5, 0.6) is 0 Å². The SMILES string of the molecule is CC(CN1CCC(O)(Cn2c(C(F)(F)F)cc3cccnc32)CC1)c1ccccc1. The largest absolute Gasteiger partial charge is 0.431 e. The normalized spacial score (nSPS) is 18.6. The van der Waals surface area contributed by atoms with Crippen LogP contribution >= 0.6 is 0 Å². The topological polar surface area (TPSA) is 41.3 Å². The molecular weight excluding hydrogens is 391 g/mol. The Morgan fingerprint density at radius 2 is 1.80 bits per heavy atom. The molecule has 0 amide bonds. The minimum Gasteiger partial charge on any atom is -0.388 e. The van der Waals surface area contributed by atoms with E-state index in [0.29, 0.717) is 37.2 Å². The molecule has 1 N–H and O–H groups in total. The molecule has 30 heavy (non-hydrogen) atoms. The summed E-state index contributed by atoms with van der Waals surface area (Å²) in [5.41, 5.74) is -0.420. The summed E-state index contributed by atoms with van der Waals surface area (Å²) >= 11 is 0. The van der Waals surface area contributed by atoms with Crippen LogP contribution in [0, 0.1) is 0 Å². The average molecular weight is 417 g/mol. The number of piperidine rings is 1. The summed E-state index contributed by atoms with van der Waals surface area (Å²) in [6.07, 6.45) is -2.16. The standard InChI is InChI=1S/C23H26F3N3O/c1-17(18-6-3-2-4-7-18)15-28-12-9-22(30,10-13-28)16-29-20(23(24,25)26)14-19-8-5-11-27-21(19)29/h2-8,11,14,17,30H,9-10,12-13,15-16H2,1H3. The summed E-state index contributed by atoms with van der Waals surface area (Å²) in [6.45, 7) is 4.24. The van der Waals surface area contributed by atoms with Crippen LogP contribution in [-0.2, 0) is 12.7 Å². The fraction of sp³-hybridized carbons (Fsp3) is 0.435. The Hall–Kier alpha value is -2.38. The number of rotatable bonds is 5. The number of benzene rings is 1. The van der Waals surface area contributed by atoms with Crippen LogP contribution in [0.2, 0.25) is 0 Å². The van der Waals surface area contributed by atoms with Crippen LogP contribution in [0.15, 0.2) is 54.7 Å². The molecule has 1 unspecified atom stereocenters. The van der Waals surface area contributed by atoms with Crippen molar-refractivity contribution in [3.05, 3.63) is 66.0 Å². The number of pyridine rings is 1. The number of likely N-dealkylation sites (tertiary alicyclic amines) is 1. The van der Waals surface area contributed by atoms with Gasteiger partial charge in [0.25, 0.3) is 0 Å². The summed E-state index contributed by atoms with van der Waals surface area (Å²) in [4.78, 5) is 6.42. The minimum atomic E-state index is -4.50. The van der Waals surface area contributed by atoms with Gasteiger partial charge in [-0.25, -0.2) is 4.98 Å². The van der Waals surface area contributed by atoms with Crippen molar-refractivity contribution in [3.63, 3.8) is 0 Å². The van der Waals surface area contributed by atoms with Gasteiger partial charge in [0.05, 0.1) is 12.1 Å². The molecule has 1 fully saturated rings. The van der Waals surface area contributed by atoms with Crippen LogP contribution in [0.3, 0.4) is 0 Å². The summed E-state index contributed by atoms with van der Waals surface area (Å²) in [5, 5.41) is 11.6. The molecule has 3 heterocycles. The Morgan fingerprint density at radius 3 is 2.47 bits per heavy atom. The van der Waals surface area contributed by atoms with Gasteiger partial charge in [-0.2, -0.15) is 13.2 Å². The summed E-state index contributed by atoms with van der Waals surface area (Å²) < 4.78 is 41.9. The van der Waals surface area contributed by atoms with E-state index < -0.39 is 17.5 Å². The van der Waals surface area contributed by atoms with Crippen LogP contribution in [0.25, 0.3) is 11.0 Å². The highest BCUT2D eigenvalue weighted by Crippen LogP contribution is 2.36. The van der Waals surface area contributed by atoms with Gasteiger partial charge in [0.15, 0.2) is 0 Å². The second-order valence-electron chi connectivity index (χ2n) is 8.37. The highest BCUT2D eigenvalue weighted by molar-refractivity contribution is 5.77. The lowest BCUT2D eigenvalue weighted by Crippen LogP contribution is -2.47. The van der Waals surface area contributed by atoms with Gasteiger partial charge in [-0.15, -0.1) is 0 Å². The lowest BCUT2D eigenvalue weighted by Gasteiger charge is -2.39. The summed E-state index contributed by atoms with van der Waals surface area (Å²) in [5.74, 6) is 0.354. The molecule has 0 bridgehead atoms. The maximum absolute atomic E-state index is 13.6. The van der Waals surface area contributed by atoms with Crippen LogP contribution in [0.1, 0.15) is 36.9 Å². The first-order chi connectivity index (χ1) is 14.3. The molecule has 1 saturated heterocycles. The van der Waals surface area contributed by atoms with Gasteiger partial charge in [0.2, 0.25) is 0 Å². The quantitative estimate of drug-likeness (QED) is 0.655. The fourth-order valence-electron chi connectivity index (χ4n) is 4.36. The predicted molar refractivity (Wildman–Crippen MR) is 110 cm³/mol. The monoisotopic (exact) mass is 417 g/mol. The number of fused-ring (bicyclic) bond motifs is 1. The van der Waals surface area contributed by atoms with E-state index in [9.17, 15) is 18.3 Å². The molecule has 0 aliphatic carbocycles. The Morgan fingerprint density at radius 1 is 1.10 bits per heavy atom. The number of hydrogen-bond acceptors (Lipinski definition) is 3. The molecule has 1 atom stereocenters. The number of nitrogens with zero attached hydrogens (tertiary/aromatic N) is 3. The maximum atomic E-state index is 13.6. The van der Waals surface area contributed by atoms with Crippen molar-refractivity contribution in [2.45, 2.75) is 44.0 Å². The smallest absolute Gasteiger partial charge is 0.388 e. The first-order valence-electron chi connectivity index (χ1n) is 10.3. The van der Waals surface area contributed by atoms with E-state index in [1.165, 1.54) is 11.8 Å². The second kappa shape index (κ2) is 8.04. The summed E-state index contributed by atoms with van der Waals surface area (Å²) in [6, 6.07) is 14.6. The van der Waals surface area contributed by atoms with Gasteiger partial charge in [0, 0.05) is 31.2 Å². The van der Waals surface area contributed by atoms with E-state index in [1.54, 1.807) is 12.1 Å². The third-order valence-electron chi connectivity index (χ3n) is 6.09.